The second-order valence-electron chi connectivity index (χ2n) is 6.43. The molecule has 1 fully saturated rings. The summed E-state index contributed by atoms with van der Waals surface area (Å²) in [6.45, 7) is 0. The molecule has 1 aromatic carbocycles. The van der Waals surface area contributed by atoms with Crippen molar-refractivity contribution >= 4 is 11.7 Å². The third-order valence-electron chi connectivity index (χ3n) is 4.54. The van der Waals surface area contributed by atoms with Gasteiger partial charge in [0.15, 0.2) is 0 Å². The molecule has 24 heavy (non-hydrogen) atoms. The number of aromatic nitrogens is 2. The highest BCUT2D eigenvalue weighted by atomic mass is 16.5. The number of benzene rings is 1. The molecule has 1 aliphatic carbocycles. The number of rotatable bonds is 5. The minimum Gasteiger partial charge on any atom is -0.497 e. The summed E-state index contributed by atoms with van der Waals surface area (Å²) in [7, 11) is 3.40. The van der Waals surface area contributed by atoms with Gasteiger partial charge in [0.2, 0.25) is 5.91 Å². The molecule has 1 amide bonds. The Morgan fingerprint density at radius 3 is 2.83 bits per heavy atom. The SMILES string of the molecule is COc1cccc(-c2cc(NC(=O)CC3(O)CCCC3)n(C)n2)c1. The molecule has 0 saturated heterocycles. The predicted molar refractivity (Wildman–Crippen MR) is 91.9 cm³/mol. The van der Waals surface area contributed by atoms with E-state index in [4.69, 9.17) is 4.74 Å². The zero-order valence-electron chi connectivity index (χ0n) is 14.1. The van der Waals surface area contributed by atoms with Crippen LogP contribution < -0.4 is 10.1 Å². The number of anilines is 1. The van der Waals surface area contributed by atoms with Gasteiger partial charge in [-0.2, -0.15) is 5.10 Å². The monoisotopic (exact) mass is 329 g/mol. The second kappa shape index (κ2) is 6.65. The Balaban J connectivity index is 1.73. The Morgan fingerprint density at radius 1 is 1.38 bits per heavy atom. The highest BCUT2D eigenvalue weighted by Gasteiger charge is 2.33. The fourth-order valence-electron chi connectivity index (χ4n) is 3.20. The second-order valence-corrected chi connectivity index (χ2v) is 6.43. The van der Waals surface area contributed by atoms with Gasteiger partial charge in [0, 0.05) is 18.7 Å². The van der Waals surface area contributed by atoms with Crippen molar-refractivity contribution in [3.63, 3.8) is 0 Å². The fraction of sp³-hybridized carbons (Fsp3) is 0.444. The molecule has 0 bridgehead atoms. The highest BCUT2D eigenvalue weighted by molar-refractivity contribution is 5.91. The van der Waals surface area contributed by atoms with Crippen LogP contribution in [0, 0.1) is 0 Å². The first kappa shape index (κ1) is 16.5. The van der Waals surface area contributed by atoms with E-state index in [0.29, 0.717) is 18.7 Å². The Morgan fingerprint density at radius 2 is 2.12 bits per heavy atom. The first-order valence-corrected chi connectivity index (χ1v) is 8.20. The van der Waals surface area contributed by atoms with Crippen molar-refractivity contribution in [1.82, 2.24) is 9.78 Å². The number of carbonyl (C=O) groups is 1. The predicted octanol–water partition coefficient (Wildman–Crippen LogP) is 2.73. The van der Waals surface area contributed by atoms with Gasteiger partial charge in [0.1, 0.15) is 11.6 Å². The van der Waals surface area contributed by atoms with Gasteiger partial charge in [-0.05, 0) is 25.0 Å². The third kappa shape index (κ3) is 3.59. The van der Waals surface area contributed by atoms with Crippen molar-refractivity contribution in [2.45, 2.75) is 37.7 Å². The maximum Gasteiger partial charge on any atom is 0.228 e. The molecule has 0 atom stereocenters. The zero-order valence-corrected chi connectivity index (χ0v) is 14.1. The molecule has 1 aromatic heterocycles. The number of aliphatic hydroxyl groups is 1. The van der Waals surface area contributed by atoms with Crippen LogP contribution in [0.2, 0.25) is 0 Å². The lowest BCUT2D eigenvalue weighted by molar-refractivity contribution is -0.120. The van der Waals surface area contributed by atoms with E-state index in [1.807, 2.05) is 30.3 Å². The number of amides is 1. The molecule has 1 saturated carbocycles. The van der Waals surface area contributed by atoms with E-state index in [1.54, 1.807) is 18.8 Å². The summed E-state index contributed by atoms with van der Waals surface area (Å²) < 4.78 is 6.86. The van der Waals surface area contributed by atoms with Crippen molar-refractivity contribution in [3.05, 3.63) is 30.3 Å². The molecular weight excluding hydrogens is 306 g/mol. The van der Waals surface area contributed by atoms with Gasteiger partial charge >= 0.3 is 0 Å². The molecule has 1 aliphatic rings. The molecule has 6 heteroatoms. The van der Waals surface area contributed by atoms with Crippen LogP contribution in [0.3, 0.4) is 0 Å². The summed E-state index contributed by atoms with van der Waals surface area (Å²) in [6, 6.07) is 9.44. The van der Waals surface area contributed by atoms with Crippen molar-refractivity contribution in [3.8, 4) is 17.0 Å². The maximum atomic E-state index is 12.2. The Kier molecular flexibility index (Phi) is 4.57. The smallest absolute Gasteiger partial charge is 0.228 e. The molecule has 0 spiro atoms. The number of carbonyl (C=O) groups excluding carboxylic acids is 1. The summed E-state index contributed by atoms with van der Waals surface area (Å²) in [4.78, 5) is 12.2. The van der Waals surface area contributed by atoms with E-state index in [0.717, 1.165) is 29.8 Å². The molecule has 0 unspecified atom stereocenters. The van der Waals surface area contributed by atoms with Crippen LogP contribution in [0.15, 0.2) is 30.3 Å². The number of hydrogen-bond acceptors (Lipinski definition) is 4. The van der Waals surface area contributed by atoms with Crippen molar-refractivity contribution in [2.75, 3.05) is 12.4 Å². The minimum absolute atomic E-state index is 0.132. The maximum absolute atomic E-state index is 12.2. The first-order chi connectivity index (χ1) is 11.5. The zero-order chi connectivity index (χ0) is 17.2. The summed E-state index contributed by atoms with van der Waals surface area (Å²) in [5.41, 5.74) is 0.823. The van der Waals surface area contributed by atoms with Crippen molar-refractivity contribution < 1.29 is 14.6 Å². The average Bonchev–Trinajstić information content (AvgIpc) is 3.14. The van der Waals surface area contributed by atoms with Crippen molar-refractivity contribution in [2.24, 2.45) is 7.05 Å². The molecule has 128 valence electrons. The summed E-state index contributed by atoms with van der Waals surface area (Å²) in [5.74, 6) is 1.19. The lowest BCUT2D eigenvalue weighted by Crippen LogP contribution is -2.31. The van der Waals surface area contributed by atoms with Crippen LogP contribution in [0.25, 0.3) is 11.3 Å². The van der Waals surface area contributed by atoms with E-state index in [-0.39, 0.29) is 12.3 Å². The standard InChI is InChI=1S/C18H23N3O3/c1-21-16(19-17(22)12-18(23)8-3-4-9-18)11-15(20-21)13-6-5-7-14(10-13)24-2/h5-7,10-11,23H,3-4,8-9,12H2,1-2H3,(H,19,22). The van der Waals surface area contributed by atoms with Crippen LogP contribution in [0.4, 0.5) is 5.82 Å². The van der Waals surface area contributed by atoms with Gasteiger partial charge in [-0.25, -0.2) is 0 Å². The quantitative estimate of drug-likeness (QED) is 0.884. The number of ether oxygens (including phenoxy) is 1. The number of nitrogens with one attached hydrogen (secondary N) is 1. The van der Waals surface area contributed by atoms with Crippen molar-refractivity contribution in [1.29, 1.82) is 0 Å². The van der Waals surface area contributed by atoms with Gasteiger partial charge in [0.25, 0.3) is 0 Å². The van der Waals surface area contributed by atoms with E-state index < -0.39 is 5.60 Å². The van der Waals surface area contributed by atoms with Crippen LogP contribution in [0.1, 0.15) is 32.1 Å². The summed E-state index contributed by atoms with van der Waals surface area (Å²) >= 11 is 0. The lowest BCUT2D eigenvalue weighted by Gasteiger charge is -2.20. The van der Waals surface area contributed by atoms with Gasteiger partial charge in [-0.1, -0.05) is 25.0 Å². The molecule has 2 aromatic rings. The number of aryl methyl sites for hydroxylation is 1. The van der Waals surface area contributed by atoms with Crippen LogP contribution >= 0.6 is 0 Å². The fourth-order valence-corrected chi connectivity index (χ4v) is 3.20. The molecule has 1 heterocycles. The van der Waals surface area contributed by atoms with Gasteiger partial charge < -0.3 is 15.2 Å². The number of nitrogens with zero attached hydrogens (tertiary/aromatic N) is 2. The number of methoxy groups -OCH3 is 1. The minimum atomic E-state index is -0.849. The van der Waals surface area contributed by atoms with Crippen LogP contribution in [-0.2, 0) is 11.8 Å². The van der Waals surface area contributed by atoms with Crippen LogP contribution in [-0.4, -0.2) is 33.5 Å². The van der Waals surface area contributed by atoms with E-state index in [1.165, 1.54) is 0 Å². The number of hydrogen-bond donors (Lipinski definition) is 2. The Labute approximate surface area is 141 Å². The molecule has 3 rings (SSSR count). The summed E-state index contributed by atoms with van der Waals surface area (Å²) in [6.07, 6.45) is 3.49. The van der Waals surface area contributed by atoms with Crippen LogP contribution in [0.5, 0.6) is 5.75 Å². The highest BCUT2D eigenvalue weighted by Crippen LogP contribution is 2.32. The normalized spacial score (nSPS) is 16.1. The molecule has 0 radical (unpaired) electrons. The van der Waals surface area contributed by atoms with Gasteiger partial charge in [0.05, 0.1) is 24.8 Å². The molecule has 2 N–H and O–H groups in total. The molecular formula is C18H23N3O3. The Bertz CT molecular complexity index is 733. The van der Waals surface area contributed by atoms with E-state index in [2.05, 4.69) is 10.4 Å². The summed E-state index contributed by atoms with van der Waals surface area (Å²) in [5, 5.41) is 17.6. The largest absolute Gasteiger partial charge is 0.497 e. The molecule has 0 aliphatic heterocycles. The first-order valence-electron chi connectivity index (χ1n) is 8.20. The average molecular weight is 329 g/mol. The van der Waals surface area contributed by atoms with E-state index >= 15 is 0 Å². The topological polar surface area (TPSA) is 76.4 Å². The van der Waals surface area contributed by atoms with E-state index in [9.17, 15) is 9.90 Å². The Hall–Kier alpha value is -2.34. The lowest BCUT2D eigenvalue weighted by atomic mass is 9.98. The van der Waals surface area contributed by atoms with Gasteiger partial charge in [-0.3, -0.25) is 9.48 Å². The van der Waals surface area contributed by atoms with Gasteiger partial charge in [-0.15, -0.1) is 0 Å². The molecule has 6 nitrogen and oxygen atoms in total. The third-order valence-corrected chi connectivity index (χ3v) is 4.54.